The Morgan fingerprint density at radius 2 is 2.11 bits per heavy atom. The van der Waals surface area contributed by atoms with Crippen LogP contribution < -0.4 is 5.73 Å². The maximum absolute atomic E-state index is 6.79. The Morgan fingerprint density at radius 3 is 2.74 bits per heavy atom. The summed E-state index contributed by atoms with van der Waals surface area (Å²) in [5.41, 5.74) is 7.43. The number of hydrogen-bond acceptors (Lipinski definition) is 3. The van der Waals surface area contributed by atoms with Gasteiger partial charge in [0.25, 0.3) is 0 Å². The summed E-state index contributed by atoms with van der Waals surface area (Å²) in [6.07, 6.45) is 10.5. The molecule has 3 atom stereocenters. The molecule has 0 amide bonds. The lowest BCUT2D eigenvalue weighted by atomic mass is 9.67. The summed E-state index contributed by atoms with van der Waals surface area (Å²) in [5, 5.41) is 0. The van der Waals surface area contributed by atoms with Crippen LogP contribution in [-0.2, 0) is 4.74 Å². The van der Waals surface area contributed by atoms with Crippen LogP contribution in [0.5, 0.6) is 0 Å². The maximum Gasteiger partial charge on any atom is 0.0783 e. The molecule has 0 aromatic carbocycles. The van der Waals surface area contributed by atoms with E-state index in [4.69, 9.17) is 10.5 Å². The summed E-state index contributed by atoms with van der Waals surface area (Å²) in [6.45, 7) is 3.30. The lowest BCUT2D eigenvalue weighted by molar-refractivity contribution is -0.0909. The summed E-state index contributed by atoms with van der Waals surface area (Å²) in [5.74, 6) is 3.18. The molecular weight excluding hydrogens is 254 g/mol. The van der Waals surface area contributed by atoms with Gasteiger partial charge in [-0.15, -0.1) is 0 Å². The molecule has 3 rings (SSSR count). The average Bonchev–Trinajstić information content (AvgIpc) is 3.08. The smallest absolute Gasteiger partial charge is 0.0783 e. The molecule has 0 radical (unpaired) electrons. The molecule has 0 bridgehead atoms. The molecule has 2 N–H and O–H groups in total. The maximum atomic E-state index is 6.79. The molecule has 2 nitrogen and oxygen atoms in total. The summed E-state index contributed by atoms with van der Waals surface area (Å²) in [4.78, 5) is 0. The molecule has 1 spiro atoms. The van der Waals surface area contributed by atoms with Gasteiger partial charge in [-0.2, -0.15) is 11.8 Å². The zero-order chi connectivity index (χ0) is 13.3. The highest BCUT2D eigenvalue weighted by atomic mass is 32.2. The Hall–Kier alpha value is 0.270. The molecule has 2 heterocycles. The molecule has 0 aromatic rings. The average molecular weight is 283 g/mol. The summed E-state index contributed by atoms with van der Waals surface area (Å²) >= 11 is 2.06. The normalized spacial score (nSPS) is 39.8. The van der Waals surface area contributed by atoms with Crippen molar-refractivity contribution in [3.05, 3.63) is 0 Å². The first-order chi connectivity index (χ1) is 9.20. The van der Waals surface area contributed by atoms with E-state index in [-0.39, 0.29) is 5.60 Å². The van der Waals surface area contributed by atoms with Crippen LogP contribution in [0.1, 0.15) is 58.3 Å². The van der Waals surface area contributed by atoms with Crippen molar-refractivity contribution in [1.29, 1.82) is 0 Å². The van der Waals surface area contributed by atoms with Crippen molar-refractivity contribution < 1.29 is 4.74 Å². The Balaban J connectivity index is 1.70. The van der Waals surface area contributed by atoms with E-state index in [0.717, 1.165) is 6.61 Å². The number of ether oxygens (including phenoxy) is 1. The Bertz CT molecular complexity index is 308. The van der Waals surface area contributed by atoms with Gasteiger partial charge >= 0.3 is 0 Å². The zero-order valence-electron chi connectivity index (χ0n) is 12.3. The van der Waals surface area contributed by atoms with Crippen LogP contribution in [0.2, 0.25) is 0 Å². The highest BCUT2D eigenvalue weighted by molar-refractivity contribution is 7.99. The van der Waals surface area contributed by atoms with Gasteiger partial charge in [0.1, 0.15) is 0 Å². The van der Waals surface area contributed by atoms with Crippen molar-refractivity contribution >= 4 is 11.8 Å². The van der Waals surface area contributed by atoms with Gasteiger partial charge in [0.05, 0.1) is 5.60 Å². The van der Waals surface area contributed by atoms with Gasteiger partial charge in [0, 0.05) is 18.4 Å². The van der Waals surface area contributed by atoms with E-state index >= 15 is 0 Å². The Labute approximate surface area is 122 Å². The molecule has 0 aromatic heterocycles. The monoisotopic (exact) mass is 283 g/mol. The van der Waals surface area contributed by atoms with Crippen molar-refractivity contribution in [3.63, 3.8) is 0 Å². The van der Waals surface area contributed by atoms with Crippen molar-refractivity contribution in [1.82, 2.24) is 0 Å². The Morgan fingerprint density at radius 1 is 1.32 bits per heavy atom. The highest BCUT2D eigenvalue weighted by Crippen LogP contribution is 2.49. The third-order valence-electron chi connectivity index (χ3n) is 6.12. The minimum absolute atomic E-state index is 0.193. The van der Waals surface area contributed by atoms with E-state index < -0.39 is 0 Å². The van der Waals surface area contributed by atoms with Crippen LogP contribution in [0, 0.1) is 11.3 Å². The van der Waals surface area contributed by atoms with Crippen molar-refractivity contribution in [3.8, 4) is 0 Å². The van der Waals surface area contributed by atoms with E-state index in [1.807, 2.05) is 0 Å². The summed E-state index contributed by atoms with van der Waals surface area (Å²) in [7, 11) is 0. The van der Waals surface area contributed by atoms with Crippen LogP contribution in [-0.4, -0.2) is 29.8 Å². The Kier molecular flexibility index (Phi) is 4.17. The molecule has 2 saturated heterocycles. The number of nitrogens with two attached hydrogens (primary N) is 1. The van der Waals surface area contributed by atoms with Gasteiger partial charge in [-0.3, -0.25) is 0 Å². The van der Waals surface area contributed by atoms with Crippen LogP contribution in [0.15, 0.2) is 0 Å². The third-order valence-corrected chi connectivity index (χ3v) is 7.34. The molecular formula is C16H29NOS. The molecule has 1 aliphatic carbocycles. The lowest BCUT2D eigenvalue weighted by Crippen LogP contribution is -2.51. The van der Waals surface area contributed by atoms with Crippen LogP contribution in [0.3, 0.4) is 0 Å². The van der Waals surface area contributed by atoms with E-state index in [1.54, 1.807) is 0 Å². The van der Waals surface area contributed by atoms with Gasteiger partial charge < -0.3 is 10.5 Å². The summed E-state index contributed by atoms with van der Waals surface area (Å²) < 4.78 is 6.16. The topological polar surface area (TPSA) is 35.2 Å². The fourth-order valence-electron chi connectivity index (χ4n) is 4.74. The van der Waals surface area contributed by atoms with Gasteiger partial charge in [-0.25, -0.2) is 0 Å². The first-order valence-corrected chi connectivity index (χ1v) is 9.33. The minimum Gasteiger partial charge on any atom is -0.374 e. The number of hydrogen-bond donors (Lipinski definition) is 1. The van der Waals surface area contributed by atoms with Gasteiger partial charge in [0.15, 0.2) is 0 Å². The standard InChI is InChI=1S/C16H29NOS/c1-2-15(6-3-4-7-15)14(17)13-5-9-18-16(11-13)8-10-19-12-16/h13-14H,2-12,17H2,1H3. The van der Waals surface area contributed by atoms with Gasteiger partial charge in [-0.05, 0) is 55.6 Å². The second-order valence-corrected chi connectivity index (χ2v) is 8.14. The minimum atomic E-state index is 0.193. The number of rotatable bonds is 3. The second kappa shape index (κ2) is 5.57. The van der Waals surface area contributed by atoms with Crippen LogP contribution in [0.4, 0.5) is 0 Å². The van der Waals surface area contributed by atoms with Crippen LogP contribution in [0.25, 0.3) is 0 Å². The molecule has 3 fully saturated rings. The molecule has 19 heavy (non-hydrogen) atoms. The fourth-order valence-corrected chi connectivity index (χ4v) is 6.12. The van der Waals surface area contributed by atoms with E-state index in [9.17, 15) is 0 Å². The SMILES string of the molecule is CCC1(C(N)C2CCOC3(CCSC3)C2)CCCC1. The fraction of sp³-hybridized carbons (Fsp3) is 1.00. The largest absolute Gasteiger partial charge is 0.374 e. The predicted molar refractivity (Wildman–Crippen MR) is 82.5 cm³/mol. The molecule has 3 aliphatic rings. The van der Waals surface area contributed by atoms with E-state index in [2.05, 4.69) is 18.7 Å². The second-order valence-electron chi connectivity index (χ2n) is 7.04. The van der Waals surface area contributed by atoms with Gasteiger partial charge in [-0.1, -0.05) is 19.8 Å². The molecule has 2 aliphatic heterocycles. The van der Waals surface area contributed by atoms with Gasteiger partial charge in [0.2, 0.25) is 0 Å². The molecule has 110 valence electrons. The first kappa shape index (κ1) is 14.2. The predicted octanol–water partition coefficient (Wildman–Crippen LogP) is 3.59. The molecule has 3 unspecified atom stereocenters. The zero-order valence-corrected chi connectivity index (χ0v) is 13.1. The van der Waals surface area contributed by atoms with Crippen LogP contribution >= 0.6 is 11.8 Å². The number of thioether (sulfide) groups is 1. The lowest BCUT2D eigenvalue weighted by Gasteiger charge is -2.45. The molecule has 1 saturated carbocycles. The first-order valence-electron chi connectivity index (χ1n) is 8.17. The van der Waals surface area contributed by atoms with Crippen molar-refractivity contribution in [2.24, 2.45) is 17.1 Å². The van der Waals surface area contributed by atoms with Crippen molar-refractivity contribution in [2.45, 2.75) is 69.9 Å². The van der Waals surface area contributed by atoms with E-state index in [0.29, 0.717) is 17.4 Å². The third kappa shape index (κ3) is 2.58. The van der Waals surface area contributed by atoms with E-state index in [1.165, 1.54) is 62.9 Å². The summed E-state index contributed by atoms with van der Waals surface area (Å²) in [6, 6.07) is 0.409. The van der Waals surface area contributed by atoms with Crippen molar-refractivity contribution in [2.75, 3.05) is 18.1 Å². The molecule has 3 heteroatoms. The quantitative estimate of drug-likeness (QED) is 0.860. The highest BCUT2D eigenvalue weighted by Gasteiger charge is 2.47.